The van der Waals surface area contributed by atoms with Crippen molar-refractivity contribution in [3.05, 3.63) is 52.3 Å². The van der Waals surface area contributed by atoms with Crippen LogP contribution < -0.4 is 10.1 Å². The smallest absolute Gasteiger partial charge is 0.405 e. The van der Waals surface area contributed by atoms with E-state index < -0.39 is 24.5 Å². The fraction of sp³-hybridized carbons (Fsp3) is 0.423. The number of aromatic nitrogens is 3. The molecule has 9 nitrogen and oxygen atoms in total. The molecule has 1 aromatic heterocycles. The van der Waals surface area contributed by atoms with E-state index in [9.17, 15) is 23.1 Å². The molecule has 1 saturated heterocycles. The number of hydrogen-bond acceptors (Lipinski definition) is 7. The highest BCUT2D eigenvalue weighted by atomic mass is 35.5. The monoisotopic (exact) mass is 567 g/mol. The minimum Gasteiger partial charge on any atom is -0.507 e. The third kappa shape index (κ3) is 6.63. The van der Waals surface area contributed by atoms with Crippen molar-refractivity contribution in [2.75, 3.05) is 40.0 Å². The number of phenolic OH excluding ortho intramolecular Hbond substituents is 1. The van der Waals surface area contributed by atoms with Crippen molar-refractivity contribution in [1.82, 2.24) is 25.0 Å². The van der Waals surface area contributed by atoms with E-state index in [1.54, 1.807) is 24.3 Å². The van der Waals surface area contributed by atoms with Gasteiger partial charge in [-0.25, -0.2) is 0 Å². The molecule has 1 amide bonds. The Morgan fingerprint density at radius 3 is 2.54 bits per heavy atom. The lowest BCUT2D eigenvalue weighted by Crippen LogP contribution is -2.35. The lowest BCUT2D eigenvalue weighted by atomic mass is 9.98. The Bertz CT molecular complexity index is 1340. The van der Waals surface area contributed by atoms with Gasteiger partial charge in [-0.1, -0.05) is 31.5 Å². The highest BCUT2D eigenvalue weighted by molar-refractivity contribution is 6.31. The molecule has 2 N–H and O–H groups in total. The number of morpholine rings is 1. The van der Waals surface area contributed by atoms with Gasteiger partial charge >= 0.3 is 6.18 Å². The Balaban J connectivity index is 1.81. The van der Waals surface area contributed by atoms with Crippen LogP contribution in [0, 0.1) is 0 Å². The van der Waals surface area contributed by atoms with Crippen LogP contribution in [-0.4, -0.2) is 76.8 Å². The maximum absolute atomic E-state index is 12.8. The number of nitrogens with zero attached hydrogens (tertiary/aromatic N) is 4. The Labute approximate surface area is 228 Å². The average molecular weight is 568 g/mol. The summed E-state index contributed by atoms with van der Waals surface area (Å²) < 4.78 is 50.5. The topological polar surface area (TPSA) is 102 Å². The highest BCUT2D eigenvalue weighted by Gasteiger charge is 2.30. The Hall–Kier alpha value is -3.35. The molecule has 0 saturated carbocycles. The molecule has 3 aromatic rings. The van der Waals surface area contributed by atoms with Gasteiger partial charge in [-0.2, -0.15) is 13.2 Å². The molecular weight excluding hydrogens is 539 g/mol. The maximum Gasteiger partial charge on any atom is 0.405 e. The van der Waals surface area contributed by atoms with Gasteiger partial charge in [0.05, 0.1) is 31.6 Å². The summed E-state index contributed by atoms with van der Waals surface area (Å²) in [6.45, 7) is 5.67. The van der Waals surface area contributed by atoms with Gasteiger partial charge < -0.3 is 19.9 Å². The van der Waals surface area contributed by atoms with E-state index >= 15 is 0 Å². The van der Waals surface area contributed by atoms with Crippen molar-refractivity contribution >= 4 is 17.5 Å². The molecular formula is C26H29ClF3N5O4. The number of amides is 1. The number of phenols is 1. The number of benzene rings is 2. The largest absolute Gasteiger partial charge is 0.507 e. The van der Waals surface area contributed by atoms with Crippen molar-refractivity contribution in [3.8, 4) is 28.6 Å². The number of ether oxygens (including phenoxy) is 2. The minimum absolute atomic E-state index is 0.000795. The Kier molecular flexibility index (Phi) is 8.67. The first-order chi connectivity index (χ1) is 18.5. The number of carbonyl (C=O) groups is 1. The van der Waals surface area contributed by atoms with Gasteiger partial charge in [0.25, 0.3) is 5.91 Å². The van der Waals surface area contributed by atoms with Crippen molar-refractivity contribution < 1.29 is 32.5 Å². The number of hydrogen-bond donors (Lipinski definition) is 2. The molecule has 0 atom stereocenters. The molecule has 0 spiro atoms. The number of rotatable bonds is 8. The first-order valence-corrected chi connectivity index (χ1v) is 12.7. The summed E-state index contributed by atoms with van der Waals surface area (Å²) in [5, 5.41) is 21.1. The SMILES string of the molecule is COc1cc(O)c(-c2nnc(C(=O)NCC(F)(F)F)n2-c2ccc(CN3CCOCC3)c(Cl)c2)cc1C(C)C. The molecule has 210 valence electrons. The fourth-order valence-electron chi connectivity index (χ4n) is 4.31. The maximum atomic E-state index is 12.8. The normalized spacial score (nSPS) is 14.6. The average Bonchev–Trinajstić information content (AvgIpc) is 3.33. The third-order valence-corrected chi connectivity index (χ3v) is 6.67. The molecule has 1 aliphatic rings. The molecule has 0 unspecified atom stereocenters. The summed E-state index contributed by atoms with van der Waals surface area (Å²) in [6, 6.07) is 8.13. The lowest BCUT2D eigenvalue weighted by Gasteiger charge is -2.27. The Morgan fingerprint density at radius 1 is 1.21 bits per heavy atom. The van der Waals surface area contributed by atoms with Crippen LogP contribution in [0.3, 0.4) is 0 Å². The van der Waals surface area contributed by atoms with Crippen molar-refractivity contribution in [2.45, 2.75) is 32.5 Å². The van der Waals surface area contributed by atoms with E-state index in [1.807, 2.05) is 19.2 Å². The van der Waals surface area contributed by atoms with Crippen molar-refractivity contribution in [1.29, 1.82) is 0 Å². The number of carbonyl (C=O) groups excluding carboxylic acids is 1. The molecule has 1 aliphatic heterocycles. The molecule has 13 heteroatoms. The van der Waals surface area contributed by atoms with Crippen LogP contribution in [0.25, 0.3) is 17.1 Å². The summed E-state index contributed by atoms with van der Waals surface area (Å²) in [5.74, 6) is -1.19. The highest BCUT2D eigenvalue weighted by Crippen LogP contribution is 2.39. The predicted molar refractivity (Wildman–Crippen MR) is 139 cm³/mol. The van der Waals surface area contributed by atoms with Crippen molar-refractivity contribution in [3.63, 3.8) is 0 Å². The Morgan fingerprint density at radius 2 is 1.92 bits per heavy atom. The molecule has 39 heavy (non-hydrogen) atoms. The second-order valence-electron chi connectivity index (χ2n) is 9.41. The predicted octanol–water partition coefficient (Wildman–Crippen LogP) is 4.55. The van der Waals surface area contributed by atoms with E-state index in [-0.39, 0.29) is 23.1 Å². The minimum atomic E-state index is -4.62. The summed E-state index contributed by atoms with van der Waals surface area (Å²) in [6.07, 6.45) is -4.62. The summed E-state index contributed by atoms with van der Waals surface area (Å²) >= 11 is 6.63. The van der Waals surface area contributed by atoms with E-state index in [0.717, 1.165) is 24.2 Å². The van der Waals surface area contributed by atoms with Crippen LogP contribution in [0.15, 0.2) is 30.3 Å². The van der Waals surface area contributed by atoms with Crippen LogP contribution in [0.1, 0.15) is 41.5 Å². The van der Waals surface area contributed by atoms with E-state index in [2.05, 4.69) is 15.1 Å². The number of nitrogens with one attached hydrogen (secondary N) is 1. The molecule has 0 radical (unpaired) electrons. The second kappa shape index (κ2) is 11.8. The summed E-state index contributed by atoms with van der Waals surface area (Å²) in [5.41, 5.74) is 2.14. The summed E-state index contributed by atoms with van der Waals surface area (Å²) in [7, 11) is 1.48. The van der Waals surface area contributed by atoms with Gasteiger partial charge in [0.2, 0.25) is 5.82 Å². The van der Waals surface area contributed by atoms with Gasteiger partial charge in [-0.15, -0.1) is 10.2 Å². The lowest BCUT2D eigenvalue weighted by molar-refractivity contribution is -0.123. The zero-order chi connectivity index (χ0) is 28.3. The van der Waals surface area contributed by atoms with E-state index in [4.69, 9.17) is 21.1 Å². The van der Waals surface area contributed by atoms with Crippen LogP contribution in [-0.2, 0) is 11.3 Å². The van der Waals surface area contributed by atoms with Crippen LogP contribution >= 0.6 is 11.6 Å². The molecule has 0 bridgehead atoms. The molecule has 0 aliphatic carbocycles. The van der Waals surface area contributed by atoms with Crippen LogP contribution in [0.5, 0.6) is 11.5 Å². The molecule has 2 heterocycles. The van der Waals surface area contributed by atoms with Crippen molar-refractivity contribution in [2.24, 2.45) is 0 Å². The number of halogens is 4. The zero-order valence-electron chi connectivity index (χ0n) is 21.7. The van der Waals surface area contributed by atoms with Crippen LogP contribution in [0.4, 0.5) is 13.2 Å². The zero-order valence-corrected chi connectivity index (χ0v) is 22.4. The second-order valence-corrected chi connectivity index (χ2v) is 9.82. The molecule has 2 aromatic carbocycles. The van der Waals surface area contributed by atoms with Gasteiger partial charge in [0.1, 0.15) is 18.0 Å². The quantitative estimate of drug-likeness (QED) is 0.412. The third-order valence-electron chi connectivity index (χ3n) is 6.32. The van der Waals surface area contributed by atoms with Crippen LogP contribution in [0.2, 0.25) is 5.02 Å². The van der Waals surface area contributed by atoms with Gasteiger partial charge in [0, 0.05) is 30.7 Å². The standard InChI is InChI=1S/C26H29ClF3N5O4/c1-15(2)18-11-19(21(36)12-22(18)38-3)23-32-33-24(25(37)31-14-26(28,29)30)35(23)17-5-4-16(20(27)10-17)13-34-6-8-39-9-7-34/h4-5,10-12,15,36H,6-9,13-14H2,1-3H3,(H,31,37). The first-order valence-electron chi connectivity index (χ1n) is 12.3. The molecule has 4 rings (SSSR count). The summed E-state index contributed by atoms with van der Waals surface area (Å²) in [4.78, 5) is 15.0. The van der Waals surface area contributed by atoms with Gasteiger partial charge in [0.15, 0.2) is 5.82 Å². The van der Waals surface area contributed by atoms with E-state index in [1.165, 1.54) is 17.7 Å². The number of alkyl halides is 3. The van der Waals surface area contributed by atoms with Gasteiger partial charge in [-0.3, -0.25) is 14.3 Å². The number of aromatic hydroxyl groups is 1. The molecule has 1 fully saturated rings. The first kappa shape index (κ1) is 28.7. The fourth-order valence-corrected chi connectivity index (χ4v) is 4.54. The van der Waals surface area contributed by atoms with Gasteiger partial charge in [-0.05, 0) is 35.2 Å². The van der Waals surface area contributed by atoms with E-state index in [0.29, 0.717) is 36.2 Å². The number of methoxy groups -OCH3 is 1.